The maximum Gasteiger partial charge on any atom is 0.333 e. The van der Waals surface area contributed by atoms with E-state index in [-0.39, 0.29) is 25.8 Å². The molecule has 0 aromatic rings. The lowest BCUT2D eigenvalue weighted by Crippen LogP contribution is -2.32. The van der Waals surface area contributed by atoms with Gasteiger partial charge in [-0.2, -0.15) is 0 Å². The van der Waals surface area contributed by atoms with Gasteiger partial charge in [-0.3, -0.25) is 4.90 Å². The van der Waals surface area contributed by atoms with Crippen molar-refractivity contribution in [2.75, 3.05) is 46.1 Å². The van der Waals surface area contributed by atoms with Gasteiger partial charge in [-0.05, 0) is 13.3 Å². The van der Waals surface area contributed by atoms with Gasteiger partial charge in [-0.15, -0.1) is 0 Å². The molecule has 0 aliphatic rings. The second-order valence-electron chi connectivity index (χ2n) is 9.77. The summed E-state index contributed by atoms with van der Waals surface area (Å²) in [5.41, 5.74) is 0.492. The quantitative estimate of drug-likeness (QED) is 0.0619. The minimum absolute atomic E-state index is 0.0694. The van der Waals surface area contributed by atoms with Gasteiger partial charge in [0, 0.05) is 31.3 Å². The van der Waals surface area contributed by atoms with Gasteiger partial charge >= 0.3 is 11.9 Å². The number of hydrogen-bond donors (Lipinski definition) is 4. The Hall–Kier alpha value is -1.74. The Morgan fingerprint density at radius 1 is 0.692 bits per heavy atom. The zero-order valence-corrected chi connectivity index (χ0v) is 25.2. The number of carbonyl (C=O) groups excluding carboxylic acids is 1. The Balaban J connectivity index is -0.000000706. The van der Waals surface area contributed by atoms with Crippen LogP contribution in [0.25, 0.3) is 0 Å². The Morgan fingerprint density at radius 2 is 1.00 bits per heavy atom. The molecule has 0 atom stereocenters. The molecule has 0 aromatic heterocycles. The lowest BCUT2D eigenvalue weighted by Gasteiger charge is -2.17. The number of carboxylic acids is 1. The molecule has 0 heterocycles. The van der Waals surface area contributed by atoms with Gasteiger partial charge in [0.05, 0.1) is 26.4 Å². The van der Waals surface area contributed by atoms with Crippen LogP contribution in [0.3, 0.4) is 0 Å². The zero-order valence-electron chi connectivity index (χ0n) is 25.2. The number of carbonyl (C=O) groups is 2. The molecule has 0 aliphatic carbocycles. The second kappa shape index (κ2) is 36.3. The standard InChI is InChI=1S/C22H42O2.C6H15NO3.C3H4O2/c1-4-5-6-7-8-9-10-11-12-13-14-15-16-17-18-19-20-24-22(23)21(2)3;8-4-1-7(2-5-9)3-6-10;1-2-3(4)5/h2,4-20H2,1,3H3;8-10H,1-6H2;2H,1H2,(H,4,5). The maximum atomic E-state index is 11.2. The number of hydrogen-bond acceptors (Lipinski definition) is 7. The van der Waals surface area contributed by atoms with Crippen molar-refractivity contribution in [3.8, 4) is 0 Å². The third kappa shape index (κ3) is 40.9. The van der Waals surface area contributed by atoms with E-state index in [4.69, 9.17) is 25.2 Å². The van der Waals surface area contributed by atoms with Gasteiger partial charge < -0.3 is 25.2 Å². The van der Waals surface area contributed by atoms with E-state index in [2.05, 4.69) is 20.1 Å². The van der Waals surface area contributed by atoms with Gasteiger partial charge in [0.25, 0.3) is 0 Å². The molecule has 0 rings (SSSR count). The first-order chi connectivity index (χ1) is 18.8. The van der Waals surface area contributed by atoms with Gasteiger partial charge in [0.2, 0.25) is 0 Å². The molecule has 0 aliphatic heterocycles. The number of aliphatic hydroxyl groups is 3. The van der Waals surface area contributed by atoms with Crippen molar-refractivity contribution >= 4 is 11.9 Å². The lowest BCUT2D eigenvalue weighted by atomic mass is 10.0. The van der Waals surface area contributed by atoms with Crippen LogP contribution in [0, 0.1) is 0 Å². The van der Waals surface area contributed by atoms with Crippen molar-refractivity contribution in [1.29, 1.82) is 0 Å². The van der Waals surface area contributed by atoms with Crippen LogP contribution in [-0.4, -0.2) is 83.3 Å². The summed E-state index contributed by atoms with van der Waals surface area (Å²) >= 11 is 0. The van der Waals surface area contributed by atoms with Crippen molar-refractivity contribution in [3.63, 3.8) is 0 Å². The number of aliphatic carboxylic acids is 1. The summed E-state index contributed by atoms with van der Waals surface area (Å²) in [6.45, 7) is 12.8. The molecule has 0 bridgehead atoms. The average molecular weight is 560 g/mol. The molecule has 0 saturated heterocycles. The molecule has 0 spiro atoms. The summed E-state index contributed by atoms with van der Waals surface area (Å²) in [5.74, 6) is -1.24. The minimum Gasteiger partial charge on any atom is -0.478 e. The summed E-state index contributed by atoms with van der Waals surface area (Å²) in [5, 5.41) is 33.1. The molecule has 4 N–H and O–H groups in total. The van der Waals surface area contributed by atoms with Crippen molar-refractivity contribution in [2.24, 2.45) is 0 Å². The highest BCUT2D eigenvalue weighted by molar-refractivity contribution is 5.86. The molecule has 8 heteroatoms. The van der Waals surface area contributed by atoms with E-state index in [1.54, 1.807) is 11.8 Å². The summed E-state index contributed by atoms with van der Waals surface area (Å²) in [7, 11) is 0. The van der Waals surface area contributed by atoms with E-state index in [0.29, 0.717) is 31.8 Å². The summed E-state index contributed by atoms with van der Waals surface area (Å²) in [4.78, 5) is 22.2. The van der Waals surface area contributed by atoms with Crippen LogP contribution in [0.2, 0.25) is 0 Å². The number of ether oxygens (including phenoxy) is 1. The number of unbranched alkanes of at least 4 members (excludes halogenated alkanes) is 15. The predicted octanol–water partition coefficient (Wildman–Crippen LogP) is 5.89. The van der Waals surface area contributed by atoms with Crippen molar-refractivity contribution in [3.05, 3.63) is 24.8 Å². The zero-order chi connectivity index (χ0) is 30.0. The first-order valence-electron chi connectivity index (χ1n) is 15.0. The van der Waals surface area contributed by atoms with Crippen LogP contribution >= 0.6 is 0 Å². The Labute approximate surface area is 239 Å². The van der Waals surface area contributed by atoms with Gasteiger partial charge in [-0.25, -0.2) is 9.59 Å². The predicted molar refractivity (Wildman–Crippen MR) is 161 cm³/mol. The molecule has 0 amide bonds. The van der Waals surface area contributed by atoms with E-state index in [1.165, 1.54) is 96.3 Å². The Morgan fingerprint density at radius 3 is 1.26 bits per heavy atom. The van der Waals surface area contributed by atoms with Crippen molar-refractivity contribution in [1.82, 2.24) is 4.90 Å². The SMILES string of the molecule is C=C(C)C(=O)OCCCCCCCCCCCCCCCCCC.C=CC(=O)O.OCCN(CCO)CCO. The number of nitrogens with zero attached hydrogens (tertiary/aromatic N) is 1. The van der Waals surface area contributed by atoms with Gasteiger partial charge in [0.1, 0.15) is 0 Å². The molecule has 39 heavy (non-hydrogen) atoms. The lowest BCUT2D eigenvalue weighted by molar-refractivity contribution is -0.139. The van der Waals surface area contributed by atoms with Crippen LogP contribution < -0.4 is 0 Å². The number of carboxylic acid groups (broad SMARTS) is 1. The molecule has 0 saturated carbocycles. The van der Waals surface area contributed by atoms with Crippen LogP contribution in [0.1, 0.15) is 117 Å². The van der Waals surface area contributed by atoms with Crippen molar-refractivity contribution < 1.29 is 34.8 Å². The molecular weight excluding hydrogens is 498 g/mol. The average Bonchev–Trinajstić information content (AvgIpc) is 2.91. The van der Waals surface area contributed by atoms with Crippen LogP contribution in [-0.2, 0) is 14.3 Å². The summed E-state index contributed by atoms with van der Waals surface area (Å²) < 4.78 is 5.08. The molecule has 0 radical (unpaired) electrons. The number of rotatable bonds is 25. The van der Waals surface area contributed by atoms with E-state index < -0.39 is 5.97 Å². The minimum atomic E-state index is -0.981. The largest absolute Gasteiger partial charge is 0.478 e. The Kier molecular flexibility index (Phi) is 38.8. The molecular formula is C31H61NO7. The number of esters is 1. The smallest absolute Gasteiger partial charge is 0.333 e. The van der Waals surface area contributed by atoms with Crippen LogP contribution in [0.15, 0.2) is 24.8 Å². The molecule has 0 fully saturated rings. The Bertz CT molecular complexity index is 541. The fraction of sp³-hybridized carbons (Fsp3) is 0.806. The van der Waals surface area contributed by atoms with E-state index in [9.17, 15) is 9.59 Å². The number of aliphatic hydroxyl groups excluding tert-OH is 3. The highest BCUT2D eigenvalue weighted by Crippen LogP contribution is 2.13. The third-order valence-electron chi connectivity index (χ3n) is 6.00. The summed E-state index contributed by atoms with van der Waals surface area (Å²) in [6, 6.07) is 0. The third-order valence-corrected chi connectivity index (χ3v) is 6.00. The van der Waals surface area contributed by atoms with E-state index >= 15 is 0 Å². The first-order valence-corrected chi connectivity index (χ1v) is 15.0. The van der Waals surface area contributed by atoms with E-state index in [1.807, 2.05) is 0 Å². The highest BCUT2D eigenvalue weighted by Gasteiger charge is 2.02. The fourth-order valence-electron chi connectivity index (χ4n) is 3.70. The highest BCUT2D eigenvalue weighted by atomic mass is 16.5. The van der Waals surface area contributed by atoms with E-state index in [0.717, 1.165) is 12.5 Å². The molecule has 232 valence electrons. The van der Waals surface area contributed by atoms with Gasteiger partial charge in [0.15, 0.2) is 0 Å². The molecule has 0 unspecified atom stereocenters. The normalized spacial score (nSPS) is 10.2. The summed E-state index contributed by atoms with van der Waals surface area (Å²) in [6.07, 6.45) is 22.6. The topological polar surface area (TPSA) is 128 Å². The molecule has 0 aromatic carbocycles. The first kappa shape index (κ1) is 41.7. The second-order valence-corrected chi connectivity index (χ2v) is 9.77. The van der Waals surface area contributed by atoms with Crippen LogP contribution in [0.5, 0.6) is 0 Å². The monoisotopic (exact) mass is 559 g/mol. The molecule has 8 nitrogen and oxygen atoms in total. The van der Waals surface area contributed by atoms with Crippen LogP contribution in [0.4, 0.5) is 0 Å². The van der Waals surface area contributed by atoms with Gasteiger partial charge in [-0.1, -0.05) is 116 Å². The van der Waals surface area contributed by atoms with Crippen molar-refractivity contribution in [2.45, 2.75) is 117 Å². The fourth-order valence-corrected chi connectivity index (χ4v) is 3.70. The maximum absolute atomic E-state index is 11.2.